The van der Waals surface area contributed by atoms with Gasteiger partial charge in [-0.25, -0.2) is 0 Å². The molecule has 0 aliphatic rings. The van der Waals surface area contributed by atoms with Crippen molar-refractivity contribution in [2.45, 2.75) is 39.7 Å². The maximum Gasteiger partial charge on any atom is 0.0710 e. The Morgan fingerprint density at radius 2 is 2.05 bits per heavy atom. The van der Waals surface area contributed by atoms with Gasteiger partial charge < -0.3 is 10.8 Å². The van der Waals surface area contributed by atoms with Crippen LogP contribution in [0, 0.1) is 5.41 Å². The first-order valence-corrected chi connectivity index (χ1v) is 7.45. The highest BCUT2D eigenvalue weighted by Gasteiger charge is 2.29. The Morgan fingerprint density at radius 1 is 1.30 bits per heavy atom. The normalized spacial score (nSPS) is 14.6. The maximum atomic E-state index is 9.79. The van der Waals surface area contributed by atoms with E-state index in [1.807, 2.05) is 16.8 Å². The topological polar surface area (TPSA) is 64.1 Å². The van der Waals surface area contributed by atoms with Gasteiger partial charge in [0.05, 0.1) is 17.8 Å². The average molecular weight is 275 g/mol. The van der Waals surface area contributed by atoms with Crippen molar-refractivity contribution in [2.24, 2.45) is 11.1 Å². The molecular formula is C16H25N3O. The van der Waals surface area contributed by atoms with Crippen LogP contribution in [-0.2, 0) is 13.0 Å². The van der Waals surface area contributed by atoms with Gasteiger partial charge in [-0.15, -0.1) is 0 Å². The van der Waals surface area contributed by atoms with Gasteiger partial charge in [0.15, 0.2) is 0 Å². The van der Waals surface area contributed by atoms with Crippen molar-refractivity contribution in [1.82, 2.24) is 9.78 Å². The molecular weight excluding hydrogens is 250 g/mol. The molecule has 20 heavy (non-hydrogen) atoms. The molecule has 1 aromatic carbocycles. The number of aromatic nitrogens is 2. The van der Waals surface area contributed by atoms with Crippen LogP contribution in [0.3, 0.4) is 0 Å². The van der Waals surface area contributed by atoms with Gasteiger partial charge >= 0.3 is 0 Å². The van der Waals surface area contributed by atoms with Gasteiger partial charge in [0.2, 0.25) is 0 Å². The Bertz CT molecular complexity index is 558. The van der Waals surface area contributed by atoms with Crippen LogP contribution < -0.4 is 5.73 Å². The zero-order valence-corrected chi connectivity index (χ0v) is 12.5. The molecule has 0 radical (unpaired) electrons. The molecule has 2 aromatic rings. The number of hydrogen-bond acceptors (Lipinski definition) is 3. The molecule has 0 saturated heterocycles. The number of aryl methyl sites for hydroxylation is 1. The molecule has 0 amide bonds. The Balaban J connectivity index is 2.42. The Hall–Kier alpha value is -1.39. The van der Waals surface area contributed by atoms with Crippen molar-refractivity contribution in [3.05, 3.63) is 30.0 Å². The molecule has 0 bridgehead atoms. The standard InChI is InChI=1S/C16H25N3O/c1-3-9-16(11-17,12-20)10-14-13-7-5-6-8-15(13)19(4-2)18-14/h5-8,20H,3-4,9-12,17H2,1-2H3. The van der Waals surface area contributed by atoms with Crippen LogP contribution in [0.4, 0.5) is 0 Å². The van der Waals surface area contributed by atoms with E-state index in [4.69, 9.17) is 10.8 Å². The predicted molar refractivity (Wildman–Crippen MR) is 82.6 cm³/mol. The van der Waals surface area contributed by atoms with Crippen LogP contribution in [0.15, 0.2) is 24.3 Å². The number of para-hydroxylation sites is 1. The lowest BCUT2D eigenvalue weighted by molar-refractivity contribution is 0.120. The van der Waals surface area contributed by atoms with Crippen molar-refractivity contribution >= 4 is 10.9 Å². The van der Waals surface area contributed by atoms with Crippen LogP contribution >= 0.6 is 0 Å². The zero-order valence-electron chi connectivity index (χ0n) is 12.5. The van der Waals surface area contributed by atoms with E-state index in [2.05, 4.69) is 26.0 Å². The fourth-order valence-electron chi connectivity index (χ4n) is 2.92. The van der Waals surface area contributed by atoms with Crippen LogP contribution in [0.25, 0.3) is 10.9 Å². The second kappa shape index (κ2) is 6.37. The number of benzene rings is 1. The summed E-state index contributed by atoms with van der Waals surface area (Å²) < 4.78 is 2.02. The third-order valence-electron chi connectivity index (χ3n) is 4.13. The zero-order chi connectivity index (χ0) is 14.6. The monoisotopic (exact) mass is 275 g/mol. The first kappa shape index (κ1) is 15.0. The lowest BCUT2D eigenvalue weighted by atomic mass is 9.79. The molecule has 2 rings (SSSR count). The van der Waals surface area contributed by atoms with E-state index in [0.29, 0.717) is 6.54 Å². The van der Waals surface area contributed by atoms with Gasteiger partial charge in [-0.3, -0.25) is 4.68 Å². The first-order valence-electron chi connectivity index (χ1n) is 7.45. The Labute approximate surface area is 120 Å². The summed E-state index contributed by atoms with van der Waals surface area (Å²) in [5, 5.41) is 15.7. The molecule has 4 heteroatoms. The second-order valence-electron chi connectivity index (χ2n) is 5.57. The summed E-state index contributed by atoms with van der Waals surface area (Å²) in [5.74, 6) is 0. The molecule has 4 nitrogen and oxygen atoms in total. The van der Waals surface area contributed by atoms with E-state index >= 15 is 0 Å². The summed E-state index contributed by atoms with van der Waals surface area (Å²) in [6.07, 6.45) is 2.68. The highest BCUT2D eigenvalue weighted by atomic mass is 16.3. The lowest BCUT2D eigenvalue weighted by Gasteiger charge is -2.29. The highest BCUT2D eigenvalue weighted by Crippen LogP contribution is 2.30. The van der Waals surface area contributed by atoms with Crippen molar-refractivity contribution in [3.63, 3.8) is 0 Å². The average Bonchev–Trinajstić information content (AvgIpc) is 2.85. The summed E-state index contributed by atoms with van der Waals surface area (Å²) in [6, 6.07) is 8.28. The summed E-state index contributed by atoms with van der Waals surface area (Å²) in [5.41, 5.74) is 7.90. The van der Waals surface area contributed by atoms with E-state index in [1.54, 1.807) is 0 Å². The summed E-state index contributed by atoms with van der Waals surface area (Å²) in [6.45, 7) is 5.68. The molecule has 0 fully saturated rings. The van der Waals surface area contributed by atoms with Gasteiger partial charge in [0.25, 0.3) is 0 Å². The van der Waals surface area contributed by atoms with Crippen molar-refractivity contribution in [2.75, 3.05) is 13.2 Å². The fraction of sp³-hybridized carbons (Fsp3) is 0.562. The number of aliphatic hydroxyl groups excluding tert-OH is 1. The molecule has 1 unspecified atom stereocenters. The smallest absolute Gasteiger partial charge is 0.0710 e. The van der Waals surface area contributed by atoms with Crippen LogP contribution in [0.5, 0.6) is 0 Å². The molecule has 0 saturated carbocycles. The minimum atomic E-state index is -0.246. The highest BCUT2D eigenvalue weighted by molar-refractivity contribution is 5.82. The van der Waals surface area contributed by atoms with Gasteiger partial charge in [-0.1, -0.05) is 31.5 Å². The molecule has 0 spiro atoms. The fourth-order valence-corrected chi connectivity index (χ4v) is 2.92. The first-order chi connectivity index (χ1) is 9.69. The van der Waals surface area contributed by atoms with Crippen molar-refractivity contribution in [3.8, 4) is 0 Å². The van der Waals surface area contributed by atoms with Crippen LogP contribution in [0.1, 0.15) is 32.4 Å². The van der Waals surface area contributed by atoms with E-state index < -0.39 is 0 Å². The SMILES string of the molecule is CCCC(CN)(CO)Cc1nn(CC)c2ccccc12. The Kier molecular flexibility index (Phi) is 4.78. The number of aliphatic hydroxyl groups is 1. The van der Waals surface area contributed by atoms with Crippen molar-refractivity contribution < 1.29 is 5.11 Å². The number of hydrogen-bond donors (Lipinski definition) is 2. The number of fused-ring (bicyclic) bond motifs is 1. The van der Waals surface area contributed by atoms with Gasteiger partial charge in [0, 0.05) is 30.3 Å². The third kappa shape index (κ3) is 2.72. The molecule has 0 aliphatic heterocycles. The number of nitrogens with two attached hydrogens (primary N) is 1. The Morgan fingerprint density at radius 3 is 2.65 bits per heavy atom. The summed E-state index contributed by atoms with van der Waals surface area (Å²) in [4.78, 5) is 0. The van der Waals surface area contributed by atoms with Gasteiger partial charge in [0.1, 0.15) is 0 Å². The van der Waals surface area contributed by atoms with Crippen LogP contribution in [-0.4, -0.2) is 28.0 Å². The molecule has 1 atom stereocenters. The minimum absolute atomic E-state index is 0.116. The molecule has 3 N–H and O–H groups in total. The summed E-state index contributed by atoms with van der Waals surface area (Å²) >= 11 is 0. The maximum absolute atomic E-state index is 9.79. The van der Waals surface area contributed by atoms with Crippen molar-refractivity contribution in [1.29, 1.82) is 0 Å². The van der Waals surface area contributed by atoms with Gasteiger partial charge in [-0.05, 0) is 19.4 Å². The largest absolute Gasteiger partial charge is 0.396 e. The third-order valence-corrected chi connectivity index (χ3v) is 4.13. The van der Waals surface area contributed by atoms with Gasteiger partial charge in [-0.2, -0.15) is 5.10 Å². The minimum Gasteiger partial charge on any atom is -0.396 e. The van der Waals surface area contributed by atoms with E-state index in [1.165, 1.54) is 5.39 Å². The number of rotatable bonds is 7. The number of nitrogens with zero attached hydrogens (tertiary/aromatic N) is 2. The van der Waals surface area contributed by atoms with Crippen LogP contribution in [0.2, 0.25) is 0 Å². The van der Waals surface area contributed by atoms with E-state index in [9.17, 15) is 5.11 Å². The molecule has 1 aromatic heterocycles. The second-order valence-corrected chi connectivity index (χ2v) is 5.57. The van der Waals surface area contributed by atoms with E-state index in [-0.39, 0.29) is 12.0 Å². The molecule has 1 heterocycles. The van der Waals surface area contributed by atoms with E-state index in [0.717, 1.165) is 37.0 Å². The summed E-state index contributed by atoms with van der Waals surface area (Å²) in [7, 11) is 0. The lowest BCUT2D eigenvalue weighted by Crippen LogP contribution is -2.36. The molecule has 0 aliphatic carbocycles. The predicted octanol–water partition coefficient (Wildman–Crippen LogP) is 2.34. The quantitative estimate of drug-likeness (QED) is 0.815. The molecule has 110 valence electrons.